The van der Waals surface area contributed by atoms with Crippen molar-refractivity contribution < 1.29 is 19.1 Å². The van der Waals surface area contributed by atoms with Crippen LogP contribution in [0.4, 0.5) is 0 Å². The maximum atomic E-state index is 12.5. The van der Waals surface area contributed by atoms with E-state index < -0.39 is 5.60 Å². The van der Waals surface area contributed by atoms with E-state index in [4.69, 9.17) is 9.47 Å². The number of amides is 1. The van der Waals surface area contributed by atoms with Gasteiger partial charge in [-0.25, -0.2) is 0 Å². The first-order valence-corrected chi connectivity index (χ1v) is 10.1. The zero-order valence-electron chi connectivity index (χ0n) is 17.3. The van der Waals surface area contributed by atoms with E-state index in [0.717, 1.165) is 32.1 Å². The average Bonchev–Trinajstić information content (AvgIpc) is 2.66. The van der Waals surface area contributed by atoms with Crippen LogP contribution in [0.1, 0.15) is 69.7 Å². The van der Waals surface area contributed by atoms with Crippen molar-refractivity contribution in [3.05, 3.63) is 48.6 Å². The summed E-state index contributed by atoms with van der Waals surface area (Å²) in [6, 6.07) is 9.13. The van der Waals surface area contributed by atoms with Crippen molar-refractivity contribution in [3.63, 3.8) is 0 Å². The predicted molar refractivity (Wildman–Crippen MR) is 110 cm³/mol. The smallest absolute Gasteiger partial charge is 0.309 e. The maximum absolute atomic E-state index is 12.5. The Balaban J connectivity index is 1.87. The number of benzene rings is 1. The summed E-state index contributed by atoms with van der Waals surface area (Å²) in [6.45, 7) is 9.42. The van der Waals surface area contributed by atoms with E-state index in [9.17, 15) is 9.59 Å². The Hall–Kier alpha value is -2.14. The summed E-state index contributed by atoms with van der Waals surface area (Å²) < 4.78 is 11.7. The number of nitrogens with one attached hydrogen (secondary N) is 1. The Bertz CT molecular complexity index is 642. The quantitative estimate of drug-likeness (QED) is 0.401. The van der Waals surface area contributed by atoms with Crippen molar-refractivity contribution in [2.75, 3.05) is 0 Å². The minimum absolute atomic E-state index is 0.0320. The summed E-state index contributed by atoms with van der Waals surface area (Å²) in [6.07, 6.45) is 6.00. The van der Waals surface area contributed by atoms with Crippen LogP contribution in [-0.4, -0.2) is 29.8 Å². The molecule has 1 saturated carbocycles. The second-order valence-corrected chi connectivity index (χ2v) is 8.34. The fraction of sp³-hybridized carbons (Fsp3) is 0.565. The molecule has 1 fully saturated rings. The van der Waals surface area contributed by atoms with E-state index in [0.29, 0.717) is 12.0 Å². The van der Waals surface area contributed by atoms with Crippen LogP contribution in [0.5, 0.6) is 0 Å². The van der Waals surface area contributed by atoms with Crippen molar-refractivity contribution >= 4 is 11.9 Å². The number of ether oxygens (including phenoxy) is 2. The van der Waals surface area contributed by atoms with Gasteiger partial charge in [-0.1, -0.05) is 24.3 Å². The molecule has 0 unspecified atom stereocenters. The first-order chi connectivity index (χ1) is 13.3. The number of hydrogen-bond acceptors (Lipinski definition) is 4. The highest BCUT2D eigenvalue weighted by atomic mass is 16.6. The molecule has 1 aromatic carbocycles. The number of allylic oxidation sites excluding steroid dienone is 1. The van der Waals surface area contributed by atoms with E-state index in [1.807, 2.05) is 45.0 Å². The molecule has 0 aromatic heterocycles. The number of esters is 1. The van der Waals surface area contributed by atoms with Crippen LogP contribution >= 0.6 is 0 Å². The third-order valence-corrected chi connectivity index (χ3v) is 4.73. The molecule has 1 aliphatic carbocycles. The molecule has 0 heterocycles. The van der Waals surface area contributed by atoms with Gasteiger partial charge in [0.15, 0.2) is 0 Å². The number of rotatable bonds is 8. The van der Waals surface area contributed by atoms with Crippen molar-refractivity contribution in [2.45, 2.75) is 77.2 Å². The molecule has 1 atom stereocenters. The van der Waals surface area contributed by atoms with E-state index in [1.54, 1.807) is 12.1 Å². The van der Waals surface area contributed by atoms with Gasteiger partial charge in [0.1, 0.15) is 11.8 Å². The van der Waals surface area contributed by atoms with Gasteiger partial charge in [-0.15, -0.1) is 6.58 Å². The Morgan fingerprint density at radius 3 is 2.39 bits per heavy atom. The first kappa shape index (κ1) is 22.2. The van der Waals surface area contributed by atoms with Gasteiger partial charge in [-0.3, -0.25) is 9.59 Å². The van der Waals surface area contributed by atoms with Crippen LogP contribution in [0.25, 0.3) is 0 Å². The van der Waals surface area contributed by atoms with Gasteiger partial charge in [-0.05, 0) is 71.4 Å². The highest BCUT2D eigenvalue weighted by Crippen LogP contribution is 2.29. The Morgan fingerprint density at radius 1 is 1.18 bits per heavy atom. The fourth-order valence-electron chi connectivity index (χ4n) is 3.31. The zero-order valence-corrected chi connectivity index (χ0v) is 17.3. The predicted octanol–water partition coefficient (Wildman–Crippen LogP) is 4.63. The minimum atomic E-state index is -0.456. The normalized spacial score (nSPS) is 20.8. The third-order valence-electron chi connectivity index (χ3n) is 4.73. The number of carbonyl (C=O) groups excluding carboxylic acids is 2. The lowest BCUT2D eigenvalue weighted by Gasteiger charge is -2.32. The average molecular weight is 388 g/mol. The second kappa shape index (κ2) is 10.4. The molecule has 0 aliphatic heterocycles. The highest BCUT2D eigenvalue weighted by Gasteiger charge is 2.31. The molecule has 0 bridgehead atoms. The lowest BCUT2D eigenvalue weighted by molar-refractivity contribution is -0.162. The monoisotopic (exact) mass is 387 g/mol. The molecular weight excluding hydrogens is 354 g/mol. The summed E-state index contributed by atoms with van der Waals surface area (Å²) in [5.74, 6) is -0.326. The summed E-state index contributed by atoms with van der Waals surface area (Å²) >= 11 is 0. The van der Waals surface area contributed by atoms with E-state index in [2.05, 4.69) is 11.9 Å². The van der Waals surface area contributed by atoms with Gasteiger partial charge in [-0.2, -0.15) is 0 Å². The van der Waals surface area contributed by atoms with Crippen molar-refractivity contribution in [1.82, 2.24) is 5.32 Å². The second-order valence-electron chi connectivity index (χ2n) is 8.34. The molecule has 0 spiro atoms. The molecule has 0 radical (unpaired) electrons. The SMILES string of the molecule is C=CCC[C@@H](NC(=O)c1ccccc1)OC1CCC(C(=O)OC(C)(C)C)CC1. The molecule has 2 rings (SSSR count). The third kappa shape index (κ3) is 7.47. The molecule has 1 aromatic rings. The van der Waals surface area contributed by atoms with Crippen LogP contribution in [0.2, 0.25) is 0 Å². The Kier molecular flexibility index (Phi) is 8.24. The van der Waals surface area contributed by atoms with Gasteiger partial charge >= 0.3 is 5.97 Å². The minimum Gasteiger partial charge on any atom is -0.460 e. The van der Waals surface area contributed by atoms with E-state index >= 15 is 0 Å². The molecule has 1 amide bonds. The van der Waals surface area contributed by atoms with Crippen molar-refractivity contribution in [2.24, 2.45) is 5.92 Å². The zero-order chi connectivity index (χ0) is 20.6. The first-order valence-electron chi connectivity index (χ1n) is 10.1. The van der Waals surface area contributed by atoms with Crippen LogP contribution < -0.4 is 5.32 Å². The summed E-state index contributed by atoms with van der Waals surface area (Å²) in [5.41, 5.74) is 0.158. The van der Waals surface area contributed by atoms with Crippen LogP contribution in [0.15, 0.2) is 43.0 Å². The topological polar surface area (TPSA) is 64.6 Å². The van der Waals surface area contributed by atoms with E-state index in [1.165, 1.54) is 0 Å². The lowest BCUT2D eigenvalue weighted by atomic mass is 9.87. The standard InChI is InChI=1S/C23H33NO4/c1-5-6-12-20(24-21(25)17-10-8-7-9-11-17)27-19-15-13-18(14-16-19)22(26)28-23(2,3)4/h5,7-11,18-20H,1,6,12-16H2,2-4H3,(H,24,25)/t18?,19?,20-/m0/s1. The molecule has 5 nitrogen and oxygen atoms in total. The van der Waals surface area contributed by atoms with E-state index in [-0.39, 0.29) is 30.1 Å². The molecule has 28 heavy (non-hydrogen) atoms. The number of hydrogen-bond donors (Lipinski definition) is 1. The maximum Gasteiger partial charge on any atom is 0.309 e. The van der Waals surface area contributed by atoms with Crippen LogP contribution in [0, 0.1) is 5.92 Å². The molecule has 5 heteroatoms. The fourth-order valence-corrected chi connectivity index (χ4v) is 3.31. The number of carbonyl (C=O) groups is 2. The molecule has 0 saturated heterocycles. The molecular formula is C23H33NO4. The summed E-state index contributed by atoms with van der Waals surface area (Å²) in [5, 5.41) is 2.98. The molecule has 1 N–H and O–H groups in total. The Labute approximate surface area is 168 Å². The molecule has 154 valence electrons. The van der Waals surface area contributed by atoms with Crippen LogP contribution in [-0.2, 0) is 14.3 Å². The summed E-state index contributed by atoms with van der Waals surface area (Å²) in [4.78, 5) is 24.7. The van der Waals surface area contributed by atoms with Crippen molar-refractivity contribution in [1.29, 1.82) is 0 Å². The van der Waals surface area contributed by atoms with Crippen molar-refractivity contribution in [3.8, 4) is 0 Å². The highest BCUT2D eigenvalue weighted by molar-refractivity contribution is 5.94. The molecule has 1 aliphatic rings. The van der Waals surface area contributed by atoms with Gasteiger partial charge < -0.3 is 14.8 Å². The Morgan fingerprint density at radius 2 is 1.82 bits per heavy atom. The van der Waals surface area contributed by atoms with Gasteiger partial charge in [0.25, 0.3) is 5.91 Å². The van der Waals surface area contributed by atoms with Crippen LogP contribution in [0.3, 0.4) is 0 Å². The van der Waals surface area contributed by atoms with Gasteiger partial charge in [0.2, 0.25) is 0 Å². The van der Waals surface area contributed by atoms with Gasteiger partial charge in [0, 0.05) is 5.56 Å². The summed E-state index contributed by atoms with van der Waals surface area (Å²) in [7, 11) is 0. The van der Waals surface area contributed by atoms with Gasteiger partial charge in [0.05, 0.1) is 12.0 Å². The largest absolute Gasteiger partial charge is 0.460 e. The lowest BCUT2D eigenvalue weighted by Crippen LogP contribution is -2.41.